The fraction of sp³-hybridized carbons (Fsp3) is 0.643. The summed E-state index contributed by atoms with van der Waals surface area (Å²) in [6.45, 7) is 1.38. The Morgan fingerprint density at radius 3 is 2.85 bits per heavy atom. The molecule has 0 atom stereocenters. The molecule has 6 nitrogen and oxygen atoms in total. The number of hydrogen-bond donors (Lipinski definition) is 3. The van der Waals surface area contributed by atoms with Gasteiger partial charge in [-0.05, 0) is 18.9 Å². The summed E-state index contributed by atoms with van der Waals surface area (Å²) in [5, 5.41) is 9.22. The number of amides is 1. The van der Waals surface area contributed by atoms with E-state index in [2.05, 4.69) is 10.3 Å². The summed E-state index contributed by atoms with van der Waals surface area (Å²) in [7, 11) is 0. The standard InChI is InChI=1S/C14H23N3O3/c15-16-14(19)11-8-13(20-10-11)9-17(6-7-18)12-4-2-1-3-5-12/h8,10,12,18H,1-7,9,15H2,(H,16,19). The van der Waals surface area contributed by atoms with Crippen molar-refractivity contribution in [1.29, 1.82) is 0 Å². The molecule has 0 aromatic carbocycles. The van der Waals surface area contributed by atoms with Crippen molar-refractivity contribution in [2.24, 2.45) is 5.84 Å². The molecule has 1 aromatic rings. The van der Waals surface area contributed by atoms with Gasteiger partial charge in [0, 0.05) is 12.6 Å². The highest BCUT2D eigenvalue weighted by Crippen LogP contribution is 2.24. The monoisotopic (exact) mass is 281 g/mol. The number of furan rings is 1. The van der Waals surface area contributed by atoms with Gasteiger partial charge in [0.2, 0.25) is 0 Å². The number of aliphatic hydroxyl groups excluding tert-OH is 1. The van der Waals surface area contributed by atoms with E-state index in [1.165, 1.54) is 25.5 Å². The molecular weight excluding hydrogens is 258 g/mol. The molecule has 1 fully saturated rings. The number of nitrogens with zero attached hydrogens (tertiary/aromatic N) is 1. The number of carbonyl (C=O) groups is 1. The summed E-state index contributed by atoms with van der Waals surface area (Å²) in [5.74, 6) is 5.46. The molecular formula is C14H23N3O3. The number of nitrogens with one attached hydrogen (secondary N) is 1. The lowest BCUT2D eigenvalue weighted by Crippen LogP contribution is -2.38. The summed E-state index contributed by atoms with van der Waals surface area (Å²) in [4.78, 5) is 13.6. The van der Waals surface area contributed by atoms with Crippen molar-refractivity contribution in [3.63, 3.8) is 0 Å². The van der Waals surface area contributed by atoms with E-state index in [4.69, 9.17) is 10.3 Å². The first-order valence-electron chi connectivity index (χ1n) is 7.18. The van der Waals surface area contributed by atoms with Gasteiger partial charge < -0.3 is 9.52 Å². The topological polar surface area (TPSA) is 91.7 Å². The Bertz CT molecular complexity index is 427. The number of nitrogen functional groups attached to an aromatic ring is 1. The zero-order valence-electron chi connectivity index (χ0n) is 11.7. The Hall–Kier alpha value is -1.37. The van der Waals surface area contributed by atoms with Crippen LogP contribution in [0.4, 0.5) is 0 Å². The SMILES string of the molecule is NNC(=O)c1coc(CN(CCO)C2CCCCC2)c1. The maximum absolute atomic E-state index is 11.4. The van der Waals surface area contributed by atoms with Crippen molar-refractivity contribution < 1.29 is 14.3 Å². The molecule has 112 valence electrons. The van der Waals surface area contributed by atoms with Crippen LogP contribution in [-0.4, -0.2) is 35.1 Å². The Labute approximate surface area is 118 Å². The molecule has 0 radical (unpaired) electrons. The fourth-order valence-electron chi connectivity index (χ4n) is 2.83. The van der Waals surface area contributed by atoms with Crippen molar-refractivity contribution in [2.45, 2.75) is 44.7 Å². The van der Waals surface area contributed by atoms with Crippen molar-refractivity contribution in [1.82, 2.24) is 10.3 Å². The minimum Gasteiger partial charge on any atom is -0.467 e. The highest BCUT2D eigenvalue weighted by Gasteiger charge is 2.22. The smallest absolute Gasteiger partial charge is 0.268 e. The lowest BCUT2D eigenvalue weighted by atomic mass is 9.94. The number of hydrazine groups is 1. The van der Waals surface area contributed by atoms with Crippen LogP contribution in [0.25, 0.3) is 0 Å². The predicted molar refractivity (Wildman–Crippen MR) is 74.7 cm³/mol. The lowest BCUT2D eigenvalue weighted by Gasteiger charge is -2.33. The van der Waals surface area contributed by atoms with Crippen LogP contribution in [0, 0.1) is 0 Å². The zero-order valence-corrected chi connectivity index (χ0v) is 11.7. The van der Waals surface area contributed by atoms with Crippen LogP contribution in [0.3, 0.4) is 0 Å². The number of aliphatic hydroxyl groups is 1. The van der Waals surface area contributed by atoms with Crippen LogP contribution < -0.4 is 11.3 Å². The summed E-state index contributed by atoms with van der Waals surface area (Å²) in [5.41, 5.74) is 2.51. The van der Waals surface area contributed by atoms with Crippen LogP contribution in [0.2, 0.25) is 0 Å². The third-order valence-electron chi connectivity index (χ3n) is 3.88. The van der Waals surface area contributed by atoms with Crippen molar-refractivity contribution in [2.75, 3.05) is 13.2 Å². The van der Waals surface area contributed by atoms with Gasteiger partial charge in [-0.2, -0.15) is 0 Å². The van der Waals surface area contributed by atoms with Gasteiger partial charge in [-0.3, -0.25) is 15.1 Å². The lowest BCUT2D eigenvalue weighted by molar-refractivity contribution is 0.0953. The highest BCUT2D eigenvalue weighted by atomic mass is 16.3. The van der Waals surface area contributed by atoms with E-state index in [0.717, 1.165) is 18.6 Å². The summed E-state index contributed by atoms with van der Waals surface area (Å²) < 4.78 is 5.42. The highest BCUT2D eigenvalue weighted by molar-refractivity contribution is 5.93. The van der Waals surface area contributed by atoms with E-state index in [-0.39, 0.29) is 12.5 Å². The first kappa shape index (κ1) is 15.0. The Kier molecular flexibility index (Phi) is 5.58. The Morgan fingerprint density at radius 1 is 1.45 bits per heavy atom. The van der Waals surface area contributed by atoms with Crippen molar-refractivity contribution >= 4 is 5.91 Å². The molecule has 0 aliphatic heterocycles. The fourth-order valence-corrected chi connectivity index (χ4v) is 2.83. The van der Waals surface area contributed by atoms with E-state index in [1.54, 1.807) is 6.07 Å². The maximum atomic E-state index is 11.4. The van der Waals surface area contributed by atoms with Gasteiger partial charge in [0.15, 0.2) is 0 Å². The van der Waals surface area contributed by atoms with Gasteiger partial charge in [0.1, 0.15) is 12.0 Å². The normalized spacial score (nSPS) is 16.6. The van der Waals surface area contributed by atoms with Crippen LogP contribution in [0.15, 0.2) is 16.7 Å². The Morgan fingerprint density at radius 2 is 2.20 bits per heavy atom. The Balaban J connectivity index is 1.99. The molecule has 1 amide bonds. The van der Waals surface area contributed by atoms with Crippen molar-refractivity contribution in [3.05, 3.63) is 23.7 Å². The number of carbonyl (C=O) groups excluding carboxylic acids is 1. The third kappa shape index (κ3) is 3.82. The summed E-state index contributed by atoms with van der Waals surface area (Å²) in [6.07, 6.45) is 7.52. The molecule has 1 aromatic heterocycles. The van der Waals surface area contributed by atoms with E-state index < -0.39 is 0 Å². The molecule has 1 aliphatic carbocycles. The second-order valence-corrected chi connectivity index (χ2v) is 5.26. The zero-order chi connectivity index (χ0) is 14.4. The molecule has 6 heteroatoms. The van der Waals surface area contributed by atoms with Gasteiger partial charge in [-0.1, -0.05) is 19.3 Å². The molecule has 1 aliphatic rings. The molecule has 0 spiro atoms. The molecule has 0 unspecified atom stereocenters. The van der Waals surface area contributed by atoms with Gasteiger partial charge in [0.05, 0.1) is 18.7 Å². The number of nitrogens with two attached hydrogens (primary N) is 1. The van der Waals surface area contributed by atoms with Crippen LogP contribution in [0.5, 0.6) is 0 Å². The second-order valence-electron chi connectivity index (χ2n) is 5.26. The minimum absolute atomic E-state index is 0.132. The molecule has 2 rings (SSSR count). The van der Waals surface area contributed by atoms with E-state index >= 15 is 0 Å². The summed E-state index contributed by atoms with van der Waals surface area (Å²) in [6, 6.07) is 2.20. The molecule has 0 saturated heterocycles. The van der Waals surface area contributed by atoms with E-state index in [9.17, 15) is 9.90 Å². The number of rotatable bonds is 6. The molecule has 0 bridgehead atoms. The van der Waals surface area contributed by atoms with Crippen molar-refractivity contribution in [3.8, 4) is 0 Å². The maximum Gasteiger partial charge on any atom is 0.268 e. The minimum atomic E-state index is -0.355. The average molecular weight is 281 g/mol. The number of hydrogen-bond acceptors (Lipinski definition) is 5. The van der Waals surface area contributed by atoms with Gasteiger partial charge >= 0.3 is 0 Å². The largest absolute Gasteiger partial charge is 0.467 e. The summed E-state index contributed by atoms with van der Waals surface area (Å²) >= 11 is 0. The molecule has 4 N–H and O–H groups in total. The first-order valence-corrected chi connectivity index (χ1v) is 7.18. The van der Waals surface area contributed by atoms with Gasteiger partial charge in [-0.15, -0.1) is 0 Å². The van der Waals surface area contributed by atoms with Gasteiger partial charge in [-0.25, -0.2) is 5.84 Å². The average Bonchev–Trinajstić information content (AvgIpc) is 2.95. The third-order valence-corrected chi connectivity index (χ3v) is 3.88. The first-order chi connectivity index (χ1) is 9.74. The van der Waals surface area contributed by atoms with Gasteiger partial charge in [0.25, 0.3) is 5.91 Å². The second kappa shape index (κ2) is 7.42. The molecule has 20 heavy (non-hydrogen) atoms. The predicted octanol–water partition coefficient (Wildman–Crippen LogP) is 1.01. The van der Waals surface area contributed by atoms with E-state index in [1.807, 2.05) is 0 Å². The van der Waals surface area contributed by atoms with E-state index in [0.29, 0.717) is 24.7 Å². The van der Waals surface area contributed by atoms with Crippen LogP contribution >= 0.6 is 0 Å². The molecule has 1 saturated carbocycles. The van der Waals surface area contributed by atoms with Crippen LogP contribution in [-0.2, 0) is 6.54 Å². The quantitative estimate of drug-likeness (QED) is 0.411. The molecule has 1 heterocycles. The van der Waals surface area contributed by atoms with Crippen LogP contribution in [0.1, 0.15) is 48.2 Å².